The Morgan fingerprint density at radius 2 is 0.887 bits per heavy atom. The van der Waals surface area contributed by atoms with Gasteiger partial charge in [0.1, 0.15) is 24.7 Å². The second-order valence-electron chi connectivity index (χ2n) is 17.8. The number of ether oxygens (including phenoxy) is 4. The number of rotatable bonds is 21. The lowest BCUT2D eigenvalue weighted by Gasteiger charge is -2.41. The molecule has 0 aromatic heterocycles. The molecular formula is C52H70O8S2. The van der Waals surface area contributed by atoms with Crippen LogP contribution in [0.1, 0.15) is 127 Å². The van der Waals surface area contributed by atoms with E-state index in [0.29, 0.717) is 47.7 Å². The number of fused-ring (bicyclic) bond motifs is 2. The van der Waals surface area contributed by atoms with E-state index in [0.717, 1.165) is 73.6 Å². The van der Waals surface area contributed by atoms with Gasteiger partial charge in [-0.15, -0.1) is 0 Å². The molecule has 0 saturated carbocycles. The minimum Gasteiger partial charge on any atom is -0.491 e. The zero-order valence-electron chi connectivity index (χ0n) is 37.9. The second-order valence-corrected chi connectivity index (χ2v) is 21.7. The Morgan fingerprint density at radius 3 is 1.24 bits per heavy atom. The Bertz CT molecular complexity index is 2100. The third kappa shape index (κ3) is 10.6. The molecule has 338 valence electrons. The Kier molecular flexibility index (Phi) is 16.4. The molecule has 2 aliphatic rings. The van der Waals surface area contributed by atoms with Crippen LogP contribution < -0.4 is 9.47 Å². The van der Waals surface area contributed by atoms with Gasteiger partial charge in [0.15, 0.2) is 19.7 Å². The molecule has 2 heterocycles. The summed E-state index contributed by atoms with van der Waals surface area (Å²) in [7, 11) is -7.18. The van der Waals surface area contributed by atoms with Crippen LogP contribution in [0.2, 0.25) is 0 Å². The highest BCUT2D eigenvalue weighted by Gasteiger charge is 2.49. The molecule has 4 aromatic rings. The van der Waals surface area contributed by atoms with Gasteiger partial charge in [-0.1, -0.05) is 140 Å². The molecule has 0 amide bonds. The highest BCUT2D eigenvalue weighted by molar-refractivity contribution is 7.91. The van der Waals surface area contributed by atoms with E-state index in [1.54, 1.807) is 12.1 Å². The van der Waals surface area contributed by atoms with E-state index in [4.69, 9.17) is 18.9 Å². The first-order chi connectivity index (χ1) is 29.8. The van der Waals surface area contributed by atoms with Gasteiger partial charge in [0.25, 0.3) is 0 Å². The molecule has 0 aliphatic carbocycles. The first kappa shape index (κ1) is 47.8. The van der Waals surface area contributed by atoms with E-state index in [1.165, 1.54) is 0 Å². The van der Waals surface area contributed by atoms with Crippen LogP contribution in [0.15, 0.2) is 107 Å². The number of hydrogen-bond donors (Lipinski definition) is 0. The van der Waals surface area contributed by atoms with Crippen molar-refractivity contribution in [2.75, 3.05) is 51.1 Å². The van der Waals surface area contributed by atoms with Crippen molar-refractivity contribution in [2.45, 2.75) is 115 Å². The molecule has 10 heteroatoms. The summed E-state index contributed by atoms with van der Waals surface area (Å²) in [5, 5.41) is 0. The fraction of sp³-hybridized carbons (Fsp3) is 0.538. The van der Waals surface area contributed by atoms with Crippen molar-refractivity contribution in [2.24, 2.45) is 22.7 Å². The van der Waals surface area contributed by atoms with Crippen LogP contribution in [0.4, 0.5) is 0 Å². The third-order valence-corrected chi connectivity index (χ3v) is 18.3. The summed E-state index contributed by atoms with van der Waals surface area (Å²) < 4.78 is 80.5. The van der Waals surface area contributed by atoms with E-state index in [9.17, 15) is 16.8 Å². The van der Waals surface area contributed by atoms with Crippen molar-refractivity contribution < 1.29 is 35.8 Å². The molecule has 0 unspecified atom stereocenters. The maximum absolute atomic E-state index is 14.2. The van der Waals surface area contributed by atoms with Crippen LogP contribution in [-0.4, -0.2) is 68.0 Å². The Hall–Kier alpha value is -3.70. The van der Waals surface area contributed by atoms with Gasteiger partial charge in [0.2, 0.25) is 0 Å². The predicted molar refractivity (Wildman–Crippen MR) is 249 cm³/mol. The lowest BCUT2D eigenvalue weighted by Crippen LogP contribution is -2.37. The maximum atomic E-state index is 14.2. The fourth-order valence-electron chi connectivity index (χ4n) is 10.6. The fourth-order valence-corrected chi connectivity index (χ4v) is 15.3. The van der Waals surface area contributed by atoms with Crippen molar-refractivity contribution in [3.05, 3.63) is 119 Å². The zero-order valence-corrected chi connectivity index (χ0v) is 39.6. The predicted octanol–water partition coefficient (Wildman–Crippen LogP) is 11.5. The molecule has 0 saturated heterocycles. The molecule has 8 nitrogen and oxygen atoms in total. The van der Waals surface area contributed by atoms with Crippen LogP contribution in [0.25, 0.3) is 0 Å². The highest BCUT2D eigenvalue weighted by Crippen LogP contribution is 2.54. The summed E-state index contributed by atoms with van der Waals surface area (Å²) in [6.07, 6.45) is 7.41. The van der Waals surface area contributed by atoms with E-state index in [-0.39, 0.29) is 59.2 Å². The summed E-state index contributed by atoms with van der Waals surface area (Å²) in [5.41, 5.74) is 3.31. The Labute approximate surface area is 373 Å². The molecule has 0 N–H and O–H groups in total. The maximum Gasteiger partial charge on any atom is 0.179 e. The lowest BCUT2D eigenvalue weighted by molar-refractivity contribution is 0.0273. The van der Waals surface area contributed by atoms with Gasteiger partial charge < -0.3 is 18.9 Å². The lowest BCUT2D eigenvalue weighted by atomic mass is 9.64. The van der Waals surface area contributed by atoms with Crippen molar-refractivity contribution >= 4 is 19.7 Å². The van der Waals surface area contributed by atoms with Crippen LogP contribution >= 0.6 is 0 Å². The van der Waals surface area contributed by atoms with E-state index in [1.807, 2.05) is 60.7 Å². The van der Waals surface area contributed by atoms with E-state index < -0.39 is 19.7 Å². The zero-order chi connectivity index (χ0) is 44.4. The SMILES string of the molecule is CCCC[C@@]1(CC)CS(=O)(=O)c2cc(OCCOCCOCCOc3ccc4c(c3)S(=O)(=O)C[C@@](CC)(CCCC)[C@@H](C)[C@H]4c3ccccc3)ccc2[C@@H](c2ccccc2)[C@H]1C. The summed E-state index contributed by atoms with van der Waals surface area (Å²) in [4.78, 5) is 0.747. The average molecular weight is 887 g/mol. The number of sulfone groups is 2. The van der Waals surface area contributed by atoms with Gasteiger partial charge >= 0.3 is 0 Å². The molecule has 0 bridgehead atoms. The van der Waals surface area contributed by atoms with E-state index in [2.05, 4.69) is 65.8 Å². The van der Waals surface area contributed by atoms with Crippen LogP contribution in [0, 0.1) is 22.7 Å². The van der Waals surface area contributed by atoms with Gasteiger partial charge in [-0.05, 0) is 94.9 Å². The van der Waals surface area contributed by atoms with Gasteiger partial charge in [0.05, 0.1) is 47.7 Å². The van der Waals surface area contributed by atoms with Crippen LogP contribution in [0.5, 0.6) is 11.5 Å². The quantitative estimate of drug-likeness (QED) is 0.0762. The first-order valence-corrected chi connectivity index (χ1v) is 26.4. The summed E-state index contributed by atoms with van der Waals surface area (Å²) in [5.74, 6) is 1.46. The molecule has 6 atom stereocenters. The summed E-state index contributed by atoms with van der Waals surface area (Å²) in [6.45, 7) is 15.0. The van der Waals surface area contributed by atoms with Gasteiger partial charge in [-0.2, -0.15) is 0 Å². The minimum absolute atomic E-state index is 0.0462. The minimum atomic E-state index is -3.59. The Balaban J connectivity index is 1.02. The standard InChI is InChI=1S/C52H70O8S2/c1-7-11-27-51(9-3)37-61(53,54)47-35-43(23-25-45(47)49(39(51)5)41-19-15-13-16-20-41)59-33-31-57-29-30-58-32-34-60-44-24-26-46-48(36-44)62(55,56)38-52(10-4,28-12-8-2)40(6)50(46)42-21-17-14-18-22-42/h13-26,35-36,39-40,49-50H,7-12,27-34,37-38H2,1-6H3/t39-,40+,49-,50+,51+,52-. The summed E-state index contributed by atoms with van der Waals surface area (Å²) >= 11 is 0. The second kappa shape index (κ2) is 21.3. The van der Waals surface area contributed by atoms with Gasteiger partial charge in [-0.25, -0.2) is 16.8 Å². The number of hydrogen-bond acceptors (Lipinski definition) is 8. The molecule has 0 fully saturated rings. The highest BCUT2D eigenvalue weighted by atomic mass is 32.2. The van der Waals surface area contributed by atoms with E-state index >= 15 is 0 Å². The monoisotopic (exact) mass is 886 g/mol. The van der Waals surface area contributed by atoms with Crippen molar-refractivity contribution in [1.82, 2.24) is 0 Å². The molecular weight excluding hydrogens is 817 g/mol. The van der Waals surface area contributed by atoms with Crippen LogP contribution in [-0.2, 0) is 29.1 Å². The van der Waals surface area contributed by atoms with Gasteiger partial charge in [-0.3, -0.25) is 0 Å². The number of unbranched alkanes of at least 4 members (excludes halogenated alkanes) is 2. The molecule has 0 spiro atoms. The van der Waals surface area contributed by atoms with Crippen LogP contribution in [0.3, 0.4) is 0 Å². The van der Waals surface area contributed by atoms with Crippen molar-refractivity contribution in [3.8, 4) is 11.5 Å². The molecule has 4 aromatic carbocycles. The smallest absolute Gasteiger partial charge is 0.179 e. The van der Waals surface area contributed by atoms with Crippen molar-refractivity contribution in [3.63, 3.8) is 0 Å². The van der Waals surface area contributed by atoms with Crippen molar-refractivity contribution in [1.29, 1.82) is 0 Å². The summed E-state index contributed by atoms with van der Waals surface area (Å²) in [6, 6.07) is 31.8. The largest absolute Gasteiger partial charge is 0.491 e. The normalized spacial score (nSPS) is 25.2. The molecule has 62 heavy (non-hydrogen) atoms. The average Bonchev–Trinajstić information content (AvgIpc) is 3.40. The topological polar surface area (TPSA) is 105 Å². The number of benzene rings is 4. The molecule has 0 radical (unpaired) electrons. The van der Waals surface area contributed by atoms with Gasteiger partial charge in [0, 0.05) is 11.8 Å². The Morgan fingerprint density at radius 1 is 0.516 bits per heavy atom. The molecule has 6 rings (SSSR count). The first-order valence-electron chi connectivity index (χ1n) is 23.1. The molecule has 2 aliphatic heterocycles. The third-order valence-electron chi connectivity index (χ3n) is 14.3.